The fourth-order valence-corrected chi connectivity index (χ4v) is 3.24. The quantitative estimate of drug-likeness (QED) is 0.542. The summed E-state index contributed by atoms with van der Waals surface area (Å²) in [6.07, 6.45) is 4.07. The van der Waals surface area contributed by atoms with Crippen LogP contribution in [0.4, 0.5) is 11.6 Å². The van der Waals surface area contributed by atoms with Crippen molar-refractivity contribution >= 4 is 40.4 Å². The Morgan fingerprint density at radius 3 is 2.78 bits per heavy atom. The normalized spacial score (nSPS) is 11.1. The molecule has 0 saturated carbocycles. The standard InChI is InChI=1S/C19H17ClN6O/c1-11-15-8-14(4-5-16(15)25(3)18(11)20)22-19-21-7-6-17(23-19)26-9-13(10-27)12(2)24-26/h4-10H,1-3H3,(H,21,22,23). The molecule has 0 spiro atoms. The average Bonchev–Trinajstić information content (AvgIpc) is 3.15. The van der Waals surface area contributed by atoms with Gasteiger partial charge in [0.1, 0.15) is 5.15 Å². The summed E-state index contributed by atoms with van der Waals surface area (Å²) in [7, 11) is 1.94. The van der Waals surface area contributed by atoms with Crippen LogP contribution < -0.4 is 5.32 Å². The van der Waals surface area contributed by atoms with Crippen LogP contribution in [0.15, 0.2) is 36.7 Å². The molecule has 27 heavy (non-hydrogen) atoms. The van der Waals surface area contributed by atoms with E-state index >= 15 is 0 Å². The molecule has 7 nitrogen and oxygen atoms in total. The highest BCUT2D eigenvalue weighted by Crippen LogP contribution is 2.30. The first-order valence-corrected chi connectivity index (χ1v) is 8.72. The summed E-state index contributed by atoms with van der Waals surface area (Å²) in [4.78, 5) is 19.8. The second-order valence-electron chi connectivity index (χ2n) is 6.30. The maximum absolute atomic E-state index is 11.0. The number of benzene rings is 1. The van der Waals surface area contributed by atoms with Gasteiger partial charge >= 0.3 is 0 Å². The van der Waals surface area contributed by atoms with Crippen molar-refractivity contribution in [2.75, 3.05) is 5.32 Å². The molecule has 0 aliphatic rings. The van der Waals surface area contributed by atoms with E-state index in [0.29, 0.717) is 23.0 Å². The van der Waals surface area contributed by atoms with Crippen molar-refractivity contribution < 1.29 is 4.79 Å². The van der Waals surface area contributed by atoms with Crippen LogP contribution in [0.2, 0.25) is 5.15 Å². The maximum Gasteiger partial charge on any atom is 0.229 e. The fraction of sp³-hybridized carbons (Fsp3) is 0.158. The number of aldehydes is 1. The molecule has 3 aromatic heterocycles. The zero-order valence-electron chi connectivity index (χ0n) is 15.1. The lowest BCUT2D eigenvalue weighted by atomic mass is 10.2. The van der Waals surface area contributed by atoms with Crippen molar-refractivity contribution in [1.29, 1.82) is 0 Å². The number of hydrogen-bond donors (Lipinski definition) is 1. The maximum atomic E-state index is 11.0. The van der Waals surface area contributed by atoms with Crippen LogP contribution in [-0.4, -0.2) is 30.6 Å². The fourth-order valence-electron chi connectivity index (χ4n) is 3.05. The number of anilines is 2. The topological polar surface area (TPSA) is 77.6 Å². The molecule has 0 amide bonds. The molecule has 4 rings (SSSR count). The molecule has 136 valence electrons. The summed E-state index contributed by atoms with van der Waals surface area (Å²) in [6.45, 7) is 3.78. The minimum atomic E-state index is 0.437. The predicted octanol–water partition coefficient (Wildman–Crippen LogP) is 3.98. The van der Waals surface area contributed by atoms with Crippen LogP contribution in [0.25, 0.3) is 16.7 Å². The van der Waals surface area contributed by atoms with Crippen molar-refractivity contribution in [2.45, 2.75) is 13.8 Å². The van der Waals surface area contributed by atoms with Gasteiger partial charge in [0.25, 0.3) is 0 Å². The Hall–Kier alpha value is -3.19. The highest BCUT2D eigenvalue weighted by Gasteiger charge is 2.11. The third kappa shape index (κ3) is 2.96. The van der Waals surface area contributed by atoms with Gasteiger partial charge < -0.3 is 9.88 Å². The van der Waals surface area contributed by atoms with E-state index < -0.39 is 0 Å². The van der Waals surface area contributed by atoms with E-state index in [-0.39, 0.29) is 0 Å². The average molecular weight is 381 g/mol. The summed E-state index contributed by atoms with van der Waals surface area (Å²) in [6, 6.07) is 7.72. The molecule has 8 heteroatoms. The minimum absolute atomic E-state index is 0.437. The lowest BCUT2D eigenvalue weighted by Crippen LogP contribution is -2.03. The molecule has 0 unspecified atom stereocenters. The van der Waals surface area contributed by atoms with Gasteiger partial charge in [0, 0.05) is 42.1 Å². The number of hydrogen-bond acceptors (Lipinski definition) is 5. The summed E-state index contributed by atoms with van der Waals surface area (Å²) in [5, 5.41) is 9.32. The van der Waals surface area contributed by atoms with E-state index in [4.69, 9.17) is 11.6 Å². The van der Waals surface area contributed by atoms with E-state index in [0.717, 1.165) is 33.6 Å². The summed E-state index contributed by atoms with van der Waals surface area (Å²) in [5.41, 5.74) is 4.13. The molecular formula is C19H17ClN6O. The first-order chi connectivity index (χ1) is 13.0. The summed E-state index contributed by atoms with van der Waals surface area (Å²) >= 11 is 6.33. The Kier molecular flexibility index (Phi) is 4.16. The molecule has 1 aromatic carbocycles. The molecule has 0 saturated heterocycles. The van der Waals surface area contributed by atoms with Crippen molar-refractivity contribution in [3.05, 3.63) is 58.6 Å². The zero-order chi connectivity index (χ0) is 19.1. The number of rotatable bonds is 4. The molecule has 1 N–H and O–H groups in total. The van der Waals surface area contributed by atoms with Crippen molar-refractivity contribution in [3.63, 3.8) is 0 Å². The molecule has 3 heterocycles. The number of fused-ring (bicyclic) bond motifs is 1. The number of aromatic nitrogens is 5. The first-order valence-electron chi connectivity index (χ1n) is 8.34. The largest absolute Gasteiger partial charge is 0.335 e. The number of carbonyl (C=O) groups is 1. The van der Waals surface area contributed by atoms with Gasteiger partial charge in [-0.3, -0.25) is 4.79 Å². The highest BCUT2D eigenvalue weighted by molar-refractivity contribution is 6.32. The van der Waals surface area contributed by atoms with Gasteiger partial charge in [-0.05, 0) is 37.6 Å². The van der Waals surface area contributed by atoms with Gasteiger partial charge in [-0.15, -0.1) is 0 Å². The van der Waals surface area contributed by atoms with Crippen LogP contribution in [0.3, 0.4) is 0 Å². The minimum Gasteiger partial charge on any atom is -0.335 e. The molecule has 0 radical (unpaired) electrons. The molecule has 0 fully saturated rings. The smallest absolute Gasteiger partial charge is 0.229 e. The van der Waals surface area contributed by atoms with E-state index in [9.17, 15) is 4.79 Å². The van der Waals surface area contributed by atoms with Gasteiger partial charge in [-0.25, -0.2) is 9.67 Å². The highest BCUT2D eigenvalue weighted by atomic mass is 35.5. The number of halogens is 1. The zero-order valence-corrected chi connectivity index (χ0v) is 15.8. The first kappa shape index (κ1) is 17.2. The Bertz CT molecular complexity index is 1180. The van der Waals surface area contributed by atoms with Crippen LogP contribution in [0.1, 0.15) is 21.6 Å². The van der Waals surface area contributed by atoms with Crippen LogP contribution >= 0.6 is 11.6 Å². The molecule has 0 bridgehead atoms. The number of carbonyl (C=O) groups excluding carboxylic acids is 1. The second kappa shape index (κ2) is 6.51. The second-order valence-corrected chi connectivity index (χ2v) is 6.66. The molecule has 0 atom stereocenters. The Balaban J connectivity index is 1.68. The molecule has 0 aliphatic heterocycles. The molecule has 0 aliphatic carbocycles. The number of nitrogens with zero attached hydrogens (tertiary/aromatic N) is 5. The van der Waals surface area contributed by atoms with E-state index in [2.05, 4.69) is 20.4 Å². The van der Waals surface area contributed by atoms with E-state index in [1.165, 1.54) is 0 Å². The molecular weight excluding hydrogens is 364 g/mol. The Morgan fingerprint density at radius 1 is 1.22 bits per heavy atom. The van der Waals surface area contributed by atoms with Crippen molar-refractivity contribution in [1.82, 2.24) is 24.3 Å². The van der Waals surface area contributed by atoms with Gasteiger partial charge in [0.15, 0.2) is 12.1 Å². The Morgan fingerprint density at radius 2 is 2.04 bits per heavy atom. The van der Waals surface area contributed by atoms with Crippen molar-refractivity contribution in [2.24, 2.45) is 7.05 Å². The van der Waals surface area contributed by atoms with E-state index in [1.807, 2.05) is 36.7 Å². The van der Waals surface area contributed by atoms with Crippen LogP contribution in [-0.2, 0) is 7.05 Å². The number of nitrogens with one attached hydrogen (secondary N) is 1. The lowest BCUT2D eigenvalue weighted by molar-refractivity contribution is 0.112. The van der Waals surface area contributed by atoms with Gasteiger partial charge in [-0.2, -0.15) is 10.1 Å². The summed E-state index contributed by atoms with van der Waals surface area (Å²) < 4.78 is 3.52. The van der Waals surface area contributed by atoms with Crippen molar-refractivity contribution in [3.8, 4) is 5.82 Å². The molecule has 4 aromatic rings. The third-order valence-corrected chi connectivity index (χ3v) is 5.10. The predicted molar refractivity (Wildman–Crippen MR) is 105 cm³/mol. The van der Waals surface area contributed by atoms with Gasteiger partial charge in [0.2, 0.25) is 5.95 Å². The lowest BCUT2D eigenvalue weighted by Gasteiger charge is -2.07. The SMILES string of the molecule is Cc1nn(-c2ccnc(Nc3ccc4c(c3)c(C)c(Cl)n4C)n2)cc1C=O. The Labute approximate surface area is 160 Å². The van der Waals surface area contributed by atoms with Gasteiger partial charge in [-0.1, -0.05) is 11.6 Å². The van der Waals surface area contributed by atoms with E-state index in [1.54, 1.807) is 30.1 Å². The van der Waals surface area contributed by atoms with Crippen LogP contribution in [0, 0.1) is 13.8 Å². The monoisotopic (exact) mass is 380 g/mol. The summed E-state index contributed by atoms with van der Waals surface area (Å²) in [5.74, 6) is 1.01. The van der Waals surface area contributed by atoms with Gasteiger partial charge in [0.05, 0.1) is 11.3 Å². The third-order valence-electron chi connectivity index (χ3n) is 4.56. The number of aryl methyl sites for hydroxylation is 3. The van der Waals surface area contributed by atoms with Crippen LogP contribution in [0.5, 0.6) is 0 Å².